The first-order valence-electron chi connectivity index (χ1n) is 6.34. The monoisotopic (exact) mass is 251 g/mol. The number of carbonyl (C=O) groups excluding carboxylic acids is 1. The molecule has 0 aromatic heterocycles. The predicted molar refractivity (Wildman–Crippen MR) is 67.8 cm³/mol. The van der Waals surface area contributed by atoms with Gasteiger partial charge in [0.05, 0.1) is 5.56 Å². The Morgan fingerprint density at radius 3 is 2.61 bits per heavy atom. The first-order valence-corrected chi connectivity index (χ1v) is 6.34. The topological polar surface area (TPSA) is 52.3 Å². The Bertz CT molecular complexity index is 430. The molecule has 0 spiro atoms. The lowest BCUT2D eigenvalue weighted by atomic mass is 9.98. The van der Waals surface area contributed by atoms with Crippen molar-refractivity contribution in [2.45, 2.75) is 45.1 Å². The van der Waals surface area contributed by atoms with Crippen molar-refractivity contribution in [2.75, 3.05) is 5.73 Å². The molecule has 2 rings (SSSR count). The summed E-state index contributed by atoms with van der Waals surface area (Å²) in [7, 11) is 0. The molecule has 1 aromatic carbocycles. The zero-order valence-corrected chi connectivity index (χ0v) is 10.5. The highest BCUT2D eigenvalue weighted by Gasteiger charge is 2.19. The molecule has 0 atom stereocenters. The van der Waals surface area contributed by atoms with E-state index in [2.05, 4.69) is 0 Å². The lowest BCUT2D eigenvalue weighted by molar-refractivity contribution is 0.0210. The van der Waals surface area contributed by atoms with E-state index in [1.807, 2.05) is 0 Å². The Labute approximate surface area is 106 Å². The fraction of sp³-hybridized carbons (Fsp3) is 0.500. The number of benzene rings is 1. The maximum Gasteiger partial charge on any atom is 0.338 e. The van der Waals surface area contributed by atoms with Gasteiger partial charge in [-0.3, -0.25) is 0 Å². The molecule has 0 radical (unpaired) electrons. The van der Waals surface area contributed by atoms with Crippen LogP contribution in [0.1, 0.15) is 48.0 Å². The molecule has 1 aliphatic rings. The van der Waals surface area contributed by atoms with E-state index >= 15 is 0 Å². The molecular formula is C14H18FNO2. The van der Waals surface area contributed by atoms with Gasteiger partial charge in [0.1, 0.15) is 11.9 Å². The minimum atomic E-state index is -0.479. The Morgan fingerprint density at radius 1 is 1.33 bits per heavy atom. The van der Waals surface area contributed by atoms with Gasteiger partial charge in [-0.05, 0) is 44.7 Å². The Morgan fingerprint density at radius 2 is 2.00 bits per heavy atom. The minimum absolute atomic E-state index is 0.0307. The van der Waals surface area contributed by atoms with Gasteiger partial charge in [-0.25, -0.2) is 9.18 Å². The molecule has 0 heterocycles. The Kier molecular flexibility index (Phi) is 3.84. The van der Waals surface area contributed by atoms with Crippen LogP contribution in [0.4, 0.5) is 10.1 Å². The SMILES string of the molecule is Cc1c(N)cc(C(=O)OC2CCCCC2)cc1F. The molecule has 2 N–H and O–H groups in total. The highest BCUT2D eigenvalue weighted by molar-refractivity contribution is 5.90. The maximum absolute atomic E-state index is 13.5. The fourth-order valence-corrected chi connectivity index (χ4v) is 2.22. The number of carbonyl (C=O) groups is 1. The minimum Gasteiger partial charge on any atom is -0.459 e. The molecule has 4 heteroatoms. The van der Waals surface area contributed by atoms with Crippen molar-refractivity contribution in [3.05, 3.63) is 29.1 Å². The van der Waals surface area contributed by atoms with Crippen molar-refractivity contribution < 1.29 is 13.9 Å². The molecule has 0 saturated heterocycles. The van der Waals surface area contributed by atoms with Gasteiger partial charge in [0.15, 0.2) is 0 Å². The molecule has 1 aliphatic carbocycles. The van der Waals surface area contributed by atoms with Gasteiger partial charge in [-0.1, -0.05) is 6.42 Å². The first-order chi connectivity index (χ1) is 8.58. The average molecular weight is 251 g/mol. The molecule has 0 bridgehead atoms. The Hall–Kier alpha value is -1.58. The number of nitrogens with two attached hydrogens (primary N) is 1. The number of halogens is 1. The average Bonchev–Trinajstić information content (AvgIpc) is 2.36. The summed E-state index contributed by atoms with van der Waals surface area (Å²) in [5, 5.41) is 0. The molecule has 1 aromatic rings. The lowest BCUT2D eigenvalue weighted by Crippen LogP contribution is -2.21. The molecule has 0 aliphatic heterocycles. The van der Waals surface area contributed by atoms with Crippen molar-refractivity contribution in [1.82, 2.24) is 0 Å². The lowest BCUT2D eigenvalue weighted by Gasteiger charge is -2.21. The van der Waals surface area contributed by atoms with Crippen molar-refractivity contribution >= 4 is 11.7 Å². The first kappa shape index (κ1) is 12.9. The van der Waals surface area contributed by atoms with Gasteiger partial charge in [0, 0.05) is 11.3 Å². The number of hydrogen-bond acceptors (Lipinski definition) is 3. The summed E-state index contributed by atoms with van der Waals surface area (Å²) in [4.78, 5) is 11.9. The van der Waals surface area contributed by atoms with Crippen LogP contribution in [0.2, 0.25) is 0 Å². The summed E-state index contributed by atoms with van der Waals surface area (Å²) in [6, 6.07) is 2.67. The van der Waals surface area contributed by atoms with E-state index < -0.39 is 11.8 Å². The van der Waals surface area contributed by atoms with E-state index in [1.54, 1.807) is 6.92 Å². The molecule has 1 fully saturated rings. The van der Waals surface area contributed by atoms with Crippen LogP contribution in [0.25, 0.3) is 0 Å². The molecule has 98 valence electrons. The second kappa shape index (κ2) is 5.38. The van der Waals surface area contributed by atoms with Crippen LogP contribution in [-0.4, -0.2) is 12.1 Å². The zero-order valence-electron chi connectivity index (χ0n) is 10.5. The summed E-state index contributed by atoms with van der Waals surface area (Å²) < 4.78 is 18.9. The molecule has 0 unspecified atom stereocenters. The van der Waals surface area contributed by atoms with E-state index in [1.165, 1.54) is 18.6 Å². The van der Waals surface area contributed by atoms with Crippen molar-refractivity contribution in [3.8, 4) is 0 Å². The van der Waals surface area contributed by atoms with Gasteiger partial charge < -0.3 is 10.5 Å². The summed E-state index contributed by atoms with van der Waals surface area (Å²) in [6.07, 6.45) is 5.13. The molecule has 1 saturated carbocycles. The number of ether oxygens (including phenoxy) is 1. The normalized spacial score (nSPS) is 16.6. The van der Waals surface area contributed by atoms with Crippen LogP contribution >= 0.6 is 0 Å². The van der Waals surface area contributed by atoms with Crippen LogP contribution in [0.3, 0.4) is 0 Å². The maximum atomic E-state index is 13.5. The molecule has 18 heavy (non-hydrogen) atoms. The van der Waals surface area contributed by atoms with E-state index in [-0.39, 0.29) is 17.4 Å². The summed E-state index contributed by atoms with van der Waals surface area (Å²) in [5.74, 6) is -0.946. The van der Waals surface area contributed by atoms with Crippen LogP contribution in [-0.2, 0) is 4.74 Å². The van der Waals surface area contributed by atoms with Crippen molar-refractivity contribution in [1.29, 1.82) is 0 Å². The number of esters is 1. The number of rotatable bonds is 2. The predicted octanol–water partition coefficient (Wildman–Crippen LogP) is 3.21. The van der Waals surface area contributed by atoms with Gasteiger partial charge in [0.2, 0.25) is 0 Å². The van der Waals surface area contributed by atoms with Gasteiger partial charge in [-0.2, -0.15) is 0 Å². The summed E-state index contributed by atoms with van der Waals surface area (Å²) in [6.45, 7) is 1.58. The van der Waals surface area contributed by atoms with E-state index in [4.69, 9.17) is 10.5 Å². The van der Waals surface area contributed by atoms with Crippen LogP contribution < -0.4 is 5.73 Å². The third kappa shape index (κ3) is 2.81. The standard InChI is InChI=1S/C14H18FNO2/c1-9-12(15)7-10(8-13(9)16)14(17)18-11-5-3-2-4-6-11/h7-8,11H,2-6,16H2,1H3. The Balaban J connectivity index is 2.08. The van der Waals surface area contributed by atoms with Gasteiger partial charge >= 0.3 is 5.97 Å². The highest BCUT2D eigenvalue weighted by Crippen LogP contribution is 2.23. The van der Waals surface area contributed by atoms with Crippen LogP contribution in [0, 0.1) is 12.7 Å². The van der Waals surface area contributed by atoms with Crippen molar-refractivity contribution in [2.24, 2.45) is 0 Å². The molecule has 3 nitrogen and oxygen atoms in total. The smallest absolute Gasteiger partial charge is 0.338 e. The van der Waals surface area contributed by atoms with E-state index in [9.17, 15) is 9.18 Å². The molecular weight excluding hydrogens is 233 g/mol. The van der Waals surface area contributed by atoms with Gasteiger partial charge in [0.25, 0.3) is 0 Å². The van der Waals surface area contributed by atoms with Crippen molar-refractivity contribution in [3.63, 3.8) is 0 Å². The zero-order chi connectivity index (χ0) is 13.1. The number of nitrogen functional groups attached to an aromatic ring is 1. The third-order valence-electron chi connectivity index (χ3n) is 3.45. The third-order valence-corrected chi connectivity index (χ3v) is 3.45. The van der Waals surface area contributed by atoms with E-state index in [0.29, 0.717) is 5.56 Å². The van der Waals surface area contributed by atoms with E-state index in [0.717, 1.165) is 25.7 Å². The quantitative estimate of drug-likeness (QED) is 0.648. The highest BCUT2D eigenvalue weighted by atomic mass is 19.1. The summed E-state index contributed by atoms with van der Waals surface area (Å²) >= 11 is 0. The largest absolute Gasteiger partial charge is 0.459 e. The summed E-state index contributed by atoms with van der Waals surface area (Å²) in [5.41, 5.74) is 6.49. The second-order valence-corrected chi connectivity index (χ2v) is 4.84. The van der Waals surface area contributed by atoms with Crippen LogP contribution in [0.15, 0.2) is 12.1 Å². The second-order valence-electron chi connectivity index (χ2n) is 4.84. The number of anilines is 1. The van der Waals surface area contributed by atoms with Gasteiger partial charge in [-0.15, -0.1) is 0 Å². The molecule has 0 amide bonds. The number of hydrogen-bond donors (Lipinski definition) is 1. The van der Waals surface area contributed by atoms with Crippen LogP contribution in [0.5, 0.6) is 0 Å². The fourth-order valence-electron chi connectivity index (χ4n) is 2.22.